The molecule has 0 aliphatic heterocycles. The van der Waals surface area contributed by atoms with Gasteiger partial charge in [-0.25, -0.2) is 13.8 Å². The number of hydrazone groups is 1. The average molecular weight is 484 g/mol. The van der Waals surface area contributed by atoms with Gasteiger partial charge >= 0.3 is 0 Å². The van der Waals surface area contributed by atoms with Crippen LogP contribution in [-0.4, -0.2) is 48.4 Å². The fraction of sp³-hybridized carbons (Fsp3) is 0.167. The Kier molecular flexibility index (Phi) is 8.10. The molecule has 1 N–H and O–H groups in total. The second-order valence-electron chi connectivity index (χ2n) is 6.90. The summed E-state index contributed by atoms with van der Waals surface area (Å²) in [5, 5.41) is 3.95. The van der Waals surface area contributed by atoms with Gasteiger partial charge in [0.25, 0.3) is 15.9 Å². The second kappa shape index (κ2) is 11.2. The second-order valence-corrected chi connectivity index (χ2v) is 8.76. The summed E-state index contributed by atoms with van der Waals surface area (Å²) in [7, 11) is 0.404. The quantitative estimate of drug-likeness (QED) is 0.351. The number of nitrogens with one attached hydrogen (secondary N) is 1. The molecule has 3 rings (SSSR count). The van der Waals surface area contributed by atoms with Gasteiger partial charge in [0.05, 0.1) is 38.1 Å². The molecule has 0 fully saturated rings. The summed E-state index contributed by atoms with van der Waals surface area (Å²) in [6, 6.07) is 19.5. The first-order valence-corrected chi connectivity index (χ1v) is 11.6. The number of hydrogen-bond donors (Lipinski definition) is 1. The van der Waals surface area contributed by atoms with Gasteiger partial charge < -0.3 is 14.2 Å². The Balaban J connectivity index is 1.86. The van der Waals surface area contributed by atoms with E-state index in [-0.39, 0.29) is 10.6 Å². The molecule has 0 heterocycles. The minimum Gasteiger partial charge on any atom is -0.497 e. The van der Waals surface area contributed by atoms with E-state index in [0.29, 0.717) is 22.8 Å². The Morgan fingerprint density at radius 3 is 2.26 bits per heavy atom. The predicted molar refractivity (Wildman–Crippen MR) is 129 cm³/mol. The van der Waals surface area contributed by atoms with Crippen molar-refractivity contribution >= 4 is 27.8 Å². The normalized spacial score (nSPS) is 11.1. The molecule has 0 atom stereocenters. The maximum absolute atomic E-state index is 13.4. The third kappa shape index (κ3) is 5.65. The monoisotopic (exact) mass is 483 g/mol. The summed E-state index contributed by atoms with van der Waals surface area (Å²) in [4.78, 5) is 12.8. The average Bonchev–Trinajstić information content (AvgIpc) is 2.87. The molecule has 0 unspecified atom stereocenters. The number of sulfonamides is 1. The summed E-state index contributed by atoms with van der Waals surface area (Å²) in [6.07, 6.45) is 1.40. The number of para-hydroxylation sites is 2. The van der Waals surface area contributed by atoms with Crippen LogP contribution in [0, 0.1) is 0 Å². The molecule has 1 amide bonds. The molecular formula is C24H25N3O6S. The Bertz CT molecular complexity index is 1260. The molecule has 10 heteroatoms. The molecule has 0 saturated carbocycles. The number of rotatable bonds is 10. The Labute approximate surface area is 198 Å². The van der Waals surface area contributed by atoms with E-state index in [1.807, 2.05) is 0 Å². The highest BCUT2D eigenvalue weighted by Gasteiger charge is 2.29. The van der Waals surface area contributed by atoms with Crippen LogP contribution in [0.2, 0.25) is 0 Å². The molecule has 0 saturated heterocycles. The van der Waals surface area contributed by atoms with Crippen molar-refractivity contribution in [3.05, 3.63) is 78.4 Å². The van der Waals surface area contributed by atoms with Crippen LogP contribution < -0.4 is 23.9 Å². The zero-order valence-electron chi connectivity index (χ0n) is 19.0. The van der Waals surface area contributed by atoms with Crippen molar-refractivity contribution in [3.63, 3.8) is 0 Å². The van der Waals surface area contributed by atoms with Crippen molar-refractivity contribution in [2.45, 2.75) is 4.90 Å². The van der Waals surface area contributed by atoms with Crippen LogP contribution in [0.5, 0.6) is 17.2 Å². The van der Waals surface area contributed by atoms with Crippen molar-refractivity contribution in [1.29, 1.82) is 0 Å². The Hall–Kier alpha value is -4.05. The van der Waals surface area contributed by atoms with Crippen LogP contribution >= 0.6 is 0 Å². The largest absolute Gasteiger partial charge is 0.497 e. The first-order chi connectivity index (χ1) is 16.4. The lowest BCUT2D eigenvalue weighted by molar-refractivity contribution is -0.119. The molecule has 3 aromatic carbocycles. The van der Waals surface area contributed by atoms with Gasteiger partial charge in [-0.05, 0) is 36.4 Å². The van der Waals surface area contributed by atoms with E-state index in [1.165, 1.54) is 32.6 Å². The lowest BCUT2D eigenvalue weighted by atomic mass is 10.2. The predicted octanol–water partition coefficient (Wildman–Crippen LogP) is 3.06. The van der Waals surface area contributed by atoms with E-state index in [0.717, 1.165) is 4.31 Å². The first kappa shape index (κ1) is 24.6. The molecule has 0 radical (unpaired) electrons. The molecule has 0 aliphatic rings. The number of benzene rings is 3. The number of hydrogen-bond acceptors (Lipinski definition) is 7. The molecule has 178 valence electrons. The van der Waals surface area contributed by atoms with Crippen LogP contribution in [0.4, 0.5) is 5.69 Å². The molecule has 0 spiro atoms. The van der Waals surface area contributed by atoms with Gasteiger partial charge in [0, 0.05) is 11.6 Å². The number of carbonyl (C=O) groups excluding carboxylic acids is 1. The van der Waals surface area contributed by atoms with Gasteiger partial charge in [0.2, 0.25) is 0 Å². The molecule has 0 aliphatic carbocycles. The first-order valence-electron chi connectivity index (χ1n) is 10.2. The van der Waals surface area contributed by atoms with Crippen molar-refractivity contribution in [1.82, 2.24) is 5.43 Å². The number of methoxy groups -OCH3 is 3. The maximum Gasteiger partial charge on any atom is 0.264 e. The van der Waals surface area contributed by atoms with Crippen molar-refractivity contribution in [2.24, 2.45) is 5.10 Å². The van der Waals surface area contributed by atoms with E-state index in [4.69, 9.17) is 14.2 Å². The van der Waals surface area contributed by atoms with Crippen LogP contribution in [0.25, 0.3) is 0 Å². The van der Waals surface area contributed by atoms with Crippen molar-refractivity contribution in [3.8, 4) is 17.2 Å². The van der Waals surface area contributed by atoms with E-state index in [1.54, 1.807) is 67.8 Å². The van der Waals surface area contributed by atoms with Crippen LogP contribution in [0.1, 0.15) is 5.56 Å². The van der Waals surface area contributed by atoms with E-state index < -0.39 is 22.5 Å². The standard InChI is InChI=1S/C24H25N3O6S/c1-31-19-14-13-18(23(15-19)33-3)16-25-26-24(28)17-27(21-11-7-8-12-22(21)32-2)34(29,30)20-9-5-4-6-10-20/h4-16H,17H2,1-3H3,(H,26,28)/b25-16-. The number of anilines is 1. The van der Waals surface area contributed by atoms with Gasteiger partial charge in [-0.3, -0.25) is 9.10 Å². The van der Waals surface area contributed by atoms with E-state index in [2.05, 4.69) is 10.5 Å². The number of nitrogens with zero attached hydrogens (tertiary/aromatic N) is 2. The minimum atomic E-state index is -4.07. The summed E-state index contributed by atoms with van der Waals surface area (Å²) in [5.41, 5.74) is 3.19. The van der Waals surface area contributed by atoms with Crippen molar-refractivity contribution in [2.75, 3.05) is 32.2 Å². The van der Waals surface area contributed by atoms with Gasteiger partial charge in [0.1, 0.15) is 23.8 Å². The smallest absolute Gasteiger partial charge is 0.264 e. The zero-order chi connectivity index (χ0) is 24.6. The molecular weight excluding hydrogens is 458 g/mol. The summed E-state index contributed by atoms with van der Waals surface area (Å²) in [5.74, 6) is 0.770. The SMILES string of the molecule is COc1ccc(/C=N\NC(=O)CN(c2ccccc2OC)S(=O)(=O)c2ccccc2)c(OC)c1. The zero-order valence-corrected chi connectivity index (χ0v) is 19.8. The summed E-state index contributed by atoms with van der Waals surface area (Å²) < 4.78 is 43.6. The van der Waals surface area contributed by atoms with E-state index >= 15 is 0 Å². The summed E-state index contributed by atoms with van der Waals surface area (Å²) in [6.45, 7) is -0.519. The molecule has 9 nitrogen and oxygen atoms in total. The highest BCUT2D eigenvalue weighted by molar-refractivity contribution is 7.92. The van der Waals surface area contributed by atoms with Crippen LogP contribution in [0.3, 0.4) is 0 Å². The van der Waals surface area contributed by atoms with Crippen LogP contribution in [0.15, 0.2) is 82.8 Å². The lowest BCUT2D eigenvalue weighted by Crippen LogP contribution is -2.39. The maximum atomic E-state index is 13.4. The molecule has 0 aromatic heterocycles. The van der Waals surface area contributed by atoms with Gasteiger partial charge in [0.15, 0.2) is 0 Å². The fourth-order valence-electron chi connectivity index (χ4n) is 3.12. The van der Waals surface area contributed by atoms with E-state index in [9.17, 15) is 13.2 Å². The Morgan fingerprint density at radius 1 is 0.912 bits per heavy atom. The number of amides is 1. The fourth-order valence-corrected chi connectivity index (χ4v) is 4.57. The molecule has 0 bridgehead atoms. The molecule has 34 heavy (non-hydrogen) atoms. The topological polar surface area (TPSA) is 107 Å². The summed E-state index contributed by atoms with van der Waals surface area (Å²) >= 11 is 0. The highest BCUT2D eigenvalue weighted by atomic mass is 32.2. The van der Waals surface area contributed by atoms with Gasteiger partial charge in [-0.2, -0.15) is 5.10 Å². The van der Waals surface area contributed by atoms with Gasteiger partial charge in [-0.15, -0.1) is 0 Å². The third-order valence-corrected chi connectivity index (χ3v) is 6.58. The minimum absolute atomic E-state index is 0.0418. The number of ether oxygens (including phenoxy) is 3. The van der Waals surface area contributed by atoms with Crippen molar-refractivity contribution < 1.29 is 27.4 Å². The van der Waals surface area contributed by atoms with Gasteiger partial charge in [-0.1, -0.05) is 30.3 Å². The number of carbonyl (C=O) groups is 1. The van der Waals surface area contributed by atoms with Crippen LogP contribution in [-0.2, 0) is 14.8 Å². The third-order valence-electron chi connectivity index (χ3n) is 4.81. The molecule has 3 aromatic rings. The highest BCUT2D eigenvalue weighted by Crippen LogP contribution is 2.32. The lowest BCUT2D eigenvalue weighted by Gasteiger charge is -2.25. The Morgan fingerprint density at radius 2 is 1.59 bits per heavy atom.